The van der Waals surface area contributed by atoms with Crippen molar-refractivity contribution in [1.29, 1.82) is 0 Å². The molecule has 106 valence electrons. The van der Waals surface area contributed by atoms with Gasteiger partial charge >= 0.3 is 6.18 Å². The molecule has 0 aliphatic rings. The Bertz CT molecular complexity index is 567. The molecule has 0 saturated heterocycles. The zero-order valence-corrected chi connectivity index (χ0v) is 10.7. The van der Waals surface area contributed by atoms with Crippen LogP contribution in [-0.2, 0) is 12.7 Å². The predicted octanol–water partition coefficient (Wildman–Crippen LogP) is 3.72. The van der Waals surface area contributed by atoms with Crippen LogP contribution in [0.5, 0.6) is 5.75 Å². The number of hydrogen-bond acceptors (Lipinski definition) is 3. The molecule has 0 aliphatic carbocycles. The summed E-state index contributed by atoms with van der Waals surface area (Å²) in [4.78, 5) is 3.74. The van der Waals surface area contributed by atoms with Crippen LogP contribution in [0.1, 0.15) is 11.1 Å². The number of nitrogens with one attached hydrogen (secondary N) is 1. The number of rotatable bonds is 4. The minimum Gasteiger partial charge on any atom is -0.497 e. The molecule has 1 heterocycles. The second-order valence-electron chi connectivity index (χ2n) is 4.13. The van der Waals surface area contributed by atoms with E-state index in [1.54, 1.807) is 7.11 Å². The van der Waals surface area contributed by atoms with Crippen LogP contribution in [0.2, 0.25) is 0 Å². The number of hydrogen-bond donors (Lipinski definition) is 1. The summed E-state index contributed by atoms with van der Waals surface area (Å²) in [6.45, 7) is 0.454. The number of methoxy groups -OCH3 is 1. The lowest BCUT2D eigenvalue weighted by molar-refractivity contribution is -0.137. The zero-order chi connectivity index (χ0) is 14.6. The van der Waals surface area contributed by atoms with Gasteiger partial charge < -0.3 is 10.1 Å². The van der Waals surface area contributed by atoms with Gasteiger partial charge in [0.05, 0.1) is 12.7 Å². The average Bonchev–Trinajstić information content (AvgIpc) is 2.45. The minimum absolute atomic E-state index is 0.390. The molecule has 0 unspecified atom stereocenters. The topological polar surface area (TPSA) is 34.1 Å². The molecule has 20 heavy (non-hydrogen) atoms. The van der Waals surface area contributed by atoms with Gasteiger partial charge in [-0.25, -0.2) is 4.98 Å². The first-order chi connectivity index (χ1) is 9.49. The Morgan fingerprint density at radius 2 is 2.00 bits per heavy atom. The summed E-state index contributed by atoms with van der Waals surface area (Å²) in [7, 11) is 1.57. The third-order valence-electron chi connectivity index (χ3n) is 2.70. The largest absolute Gasteiger partial charge is 0.497 e. The van der Waals surface area contributed by atoms with E-state index in [0.717, 1.165) is 23.6 Å². The summed E-state index contributed by atoms with van der Waals surface area (Å²) in [6, 6.07) is 9.70. The third kappa shape index (κ3) is 3.63. The van der Waals surface area contributed by atoms with E-state index >= 15 is 0 Å². The van der Waals surface area contributed by atoms with Crippen LogP contribution < -0.4 is 10.1 Å². The summed E-state index contributed by atoms with van der Waals surface area (Å²) in [5, 5.41) is 2.96. The third-order valence-corrected chi connectivity index (χ3v) is 2.70. The van der Waals surface area contributed by atoms with Crippen molar-refractivity contribution >= 4 is 5.82 Å². The molecule has 0 spiro atoms. The van der Waals surface area contributed by atoms with Crippen LogP contribution in [0.15, 0.2) is 42.6 Å². The molecular formula is C14H13F3N2O. The second-order valence-corrected chi connectivity index (χ2v) is 4.13. The molecule has 0 fully saturated rings. The molecule has 0 bridgehead atoms. The smallest absolute Gasteiger partial charge is 0.417 e. The first-order valence-corrected chi connectivity index (χ1v) is 5.89. The van der Waals surface area contributed by atoms with E-state index in [1.165, 1.54) is 6.07 Å². The van der Waals surface area contributed by atoms with Crippen molar-refractivity contribution in [2.75, 3.05) is 12.4 Å². The maximum absolute atomic E-state index is 12.4. The fourth-order valence-corrected chi connectivity index (χ4v) is 1.64. The minimum atomic E-state index is -4.36. The number of benzene rings is 1. The number of alkyl halides is 3. The lowest BCUT2D eigenvalue weighted by atomic mass is 10.2. The quantitative estimate of drug-likeness (QED) is 0.928. The van der Waals surface area contributed by atoms with Gasteiger partial charge in [-0.1, -0.05) is 12.1 Å². The number of nitrogens with zero attached hydrogens (tertiary/aromatic N) is 1. The zero-order valence-electron chi connectivity index (χ0n) is 10.7. The number of halogens is 3. The summed E-state index contributed by atoms with van der Waals surface area (Å²) in [6.07, 6.45) is -3.55. The Hall–Kier alpha value is -2.24. The number of pyridine rings is 1. The van der Waals surface area contributed by atoms with Crippen LogP contribution in [-0.4, -0.2) is 12.1 Å². The SMILES string of the molecule is COc1cccc(CNc2ccc(C(F)(F)F)cn2)c1. The van der Waals surface area contributed by atoms with Crippen molar-refractivity contribution in [3.8, 4) is 5.75 Å². The number of ether oxygens (including phenoxy) is 1. The predicted molar refractivity (Wildman–Crippen MR) is 69.6 cm³/mol. The fourth-order valence-electron chi connectivity index (χ4n) is 1.64. The lowest BCUT2D eigenvalue weighted by Crippen LogP contribution is -2.07. The van der Waals surface area contributed by atoms with Crippen LogP contribution in [0.3, 0.4) is 0 Å². The Morgan fingerprint density at radius 3 is 2.60 bits per heavy atom. The Kier molecular flexibility index (Phi) is 4.12. The van der Waals surface area contributed by atoms with Crippen LogP contribution >= 0.6 is 0 Å². The van der Waals surface area contributed by atoms with Crippen molar-refractivity contribution in [1.82, 2.24) is 4.98 Å². The van der Waals surface area contributed by atoms with E-state index in [2.05, 4.69) is 10.3 Å². The lowest BCUT2D eigenvalue weighted by Gasteiger charge is -2.09. The molecule has 2 aromatic rings. The maximum Gasteiger partial charge on any atom is 0.417 e. The highest BCUT2D eigenvalue weighted by atomic mass is 19.4. The molecule has 3 nitrogen and oxygen atoms in total. The van der Waals surface area contributed by atoms with Gasteiger partial charge in [0, 0.05) is 12.7 Å². The standard InChI is InChI=1S/C14H13F3N2O/c1-20-12-4-2-3-10(7-12)8-18-13-6-5-11(9-19-13)14(15,16)17/h2-7,9H,8H2,1H3,(H,18,19). The van der Waals surface area contributed by atoms with Gasteiger partial charge in [0.2, 0.25) is 0 Å². The van der Waals surface area contributed by atoms with E-state index in [1.807, 2.05) is 24.3 Å². The Labute approximate surface area is 114 Å². The molecule has 0 aliphatic heterocycles. The molecule has 2 rings (SSSR count). The van der Waals surface area contributed by atoms with E-state index < -0.39 is 11.7 Å². The van der Waals surface area contributed by atoms with Gasteiger partial charge in [0.15, 0.2) is 0 Å². The van der Waals surface area contributed by atoms with Crippen molar-refractivity contribution in [3.63, 3.8) is 0 Å². The van der Waals surface area contributed by atoms with Gasteiger partial charge in [-0.2, -0.15) is 13.2 Å². The van der Waals surface area contributed by atoms with Crippen LogP contribution in [0, 0.1) is 0 Å². The molecule has 6 heteroatoms. The second kappa shape index (κ2) is 5.81. The molecule has 0 saturated carbocycles. The molecule has 1 aromatic heterocycles. The molecule has 0 radical (unpaired) electrons. The van der Waals surface area contributed by atoms with Crippen LogP contribution in [0.25, 0.3) is 0 Å². The molecule has 0 amide bonds. The Morgan fingerprint density at radius 1 is 1.20 bits per heavy atom. The van der Waals surface area contributed by atoms with Gasteiger partial charge in [-0.15, -0.1) is 0 Å². The molecule has 0 atom stereocenters. The normalized spacial score (nSPS) is 11.2. The van der Waals surface area contributed by atoms with E-state index in [4.69, 9.17) is 4.74 Å². The average molecular weight is 282 g/mol. The summed E-state index contributed by atoms with van der Waals surface area (Å²) in [5.41, 5.74) is 0.190. The van der Waals surface area contributed by atoms with Crippen molar-refractivity contribution in [2.24, 2.45) is 0 Å². The molecule has 1 aromatic carbocycles. The van der Waals surface area contributed by atoms with Gasteiger partial charge in [0.1, 0.15) is 11.6 Å². The monoisotopic (exact) mass is 282 g/mol. The first-order valence-electron chi connectivity index (χ1n) is 5.89. The summed E-state index contributed by atoms with van der Waals surface area (Å²) < 4.78 is 42.2. The van der Waals surface area contributed by atoms with E-state index in [-0.39, 0.29) is 0 Å². The van der Waals surface area contributed by atoms with Crippen LogP contribution in [0.4, 0.5) is 19.0 Å². The van der Waals surface area contributed by atoms with Gasteiger partial charge in [-0.05, 0) is 29.8 Å². The highest BCUT2D eigenvalue weighted by Gasteiger charge is 2.30. The summed E-state index contributed by atoms with van der Waals surface area (Å²) in [5.74, 6) is 1.12. The number of aromatic nitrogens is 1. The van der Waals surface area contributed by atoms with Gasteiger partial charge in [0.25, 0.3) is 0 Å². The van der Waals surface area contributed by atoms with Crippen molar-refractivity contribution in [3.05, 3.63) is 53.7 Å². The van der Waals surface area contributed by atoms with E-state index in [0.29, 0.717) is 12.4 Å². The van der Waals surface area contributed by atoms with Crippen molar-refractivity contribution < 1.29 is 17.9 Å². The highest BCUT2D eigenvalue weighted by molar-refractivity contribution is 5.38. The highest BCUT2D eigenvalue weighted by Crippen LogP contribution is 2.28. The summed E-state index contributed by atoms with van der Waals surface area (Å²) >= 11 is 0. The van der Waals surface area contributed by atoms with E-state index in [9.17, 15) is 13.2 Å². The Balaban J connectivity index is 2.00. The van der Waals surface area contributed by atoms with Crippen molar-refractivity contribution in [2.45, 2.75) is 12.7 Å². The fraction of sp³-hybridized carbons (Fsp3) is 0.214. The molecule has 1 N–H and O–H groups in total. The first kappa shape index (κ1) is 14.2. The molecular weight excluding hydrogens is 269 g/mol. The number of anilines is 1. The van der Waals surface area contributed by atoms with Gasteiger partial charge in [-0.3, -0.25) is 0 Å². The maximum atomic E-state index is 12.4.